The maximum absolute atomic E-state index is 12.1. The number of amides is 1. The van der Waals surface area contributed by atoms with Crippen molar-refractivity contribution in [2.45, 2.75) is 5.16 Å². The van der Waals surface area contributed by atoms with Gasteiger partial charge >= 0.3 is 0 Å². The third-order valence-corrected chi connectivity index (χ3v) is 4.64. The van der Waals surface area contributed by atoms with Gasteiger partial charge in [0.25, 0.3) is 0 Å². The van der Waals surface area contributed by atoms with Crippen molar-refractivity contribution in [1.82, 2.24) is 14.8 Å². The van der Waals surface area contributed by atoms with Crippen LogP contribution in [-0.4, -0.2) is 32.4 Å². The van der Waals surface area contributed by atoms with E-state index in [1.54, 1.807) is 12.1 Å². The van der Waals surface area contributed by atoms with E-state index in [2.05, 4.69) is 15.5 Å². The second-order valence-electron chi connectivity index (χ2n) is 5.40. The fraction of sp³-hybridized carbons (Fsp3) is 0.111. The molecule has 0 aliphatic heterocycles. The van der Waals surface area contributed by atoms with Crippen LogP contribution in [0.1, 0.15) is 10.4 Å². The quantitative estimate of drug-likeness (QED) is 0.664. The van der Waals surface area contributed by atoms with Crippen molar-refractivity contribution in [2.24, 2.45) is 7.05 Å². The van der Waals surface area contributed by atoms with Gasteiger partial charge in [0, 0.05) is 23.9 Å². The predicted octanol–water partition coefficient (Wildman–Crippen LogP) is 1.58. The number of hydrogen-bond acceptors (Lipinski definition) is 6. The number of nitrogens with one attached hydrogen (secondary N) is 1. The van der Waals surface area contributed by atoms with Crippen LogP contribution >= 0.6 is 11.8 Å². The van der Waals surface area contributed by atoms with Gasteiger partial charge in [0.15, 0.2) is 11.0 Å². The molecule has 0 bridgehead atoms. The number of nitrogens with zero attached hydrogens (tertiary/aromatic N) is 3. The van der Waals surface area contributed by atoms with Crippen LogP contribution in [-0.2, 0) is 11.8 Å². The molecule has 132 valence electrons. The van der Waals surface area contributed by atoms with Crippen LogP contribution in [0.2, 0.25) is 0 Å². The molecule has 0 aliphatic carbocycles. The molecule has 0 aliphatic rings. The third kappa shape index (κ3) is 3.92. The Morgan fingerprint density at radius 2 is 1.77 bits per heavy atom. The number of aromatic carboxylic acids is 1. The van der Waals surface area contributed by atoms with Crippen molar-refractivity contribution in [3.05, 3.63) is 60.2 Å². The van der Waals surface area contributed by atoms with E-state index < -0.39 is 5.97 Å². The smallest absolute Gasteiger partial charge is 0.234 e. The van der Waals surface area contributed by atoms with Crippen molar-refractivity contribution >= 4 is 29.3 Å². The number of hydrogen-bond donors (Lipinski definition) is 1. The molecule has 8 heteroatoms. The number of rotatable bonds is 6. The minimum atomic E-state index is -1.34. The van der Waals surface area contributed by atoms with Gasteiger partial charge in [0.1, 0.15) is 0 Å². The third-order valence-electron chi connectivity index (χ3n) is 3.62. The highest BCUT2D eigenvalue weighted by Gasteiger charge is 2.13. The van der Waals surface area contributed by atoms with Crippen molar-refractivity contribution in [2.75, 3.05) is 11.1 Å². The molecular formula is C18H15N4O3S-. The van der Waals surface area contributed by atoms with Gasteiger partial charge in [-0.2, -0.15) is 0 Å². The maximum atomic E-state index is 12.1. The van der Waals surface area contributed by atoms with Crippen LogP contribution in [0.25, 0.3) is 11.4 Å². The normalized spacial score (nSPS) is 10.5. The average Bonchev–Trinajstić information content (AvgIpc) is 3.01. The Labute approximate surface area is 154 Å². The van der Waals surface area contributed by atoms with Crippen LogP contribution in [0, 0.1) is 0 Å². The van der Waals surface area contributed by atoms with Crippen molar-refractivity contribution in [3.63, 3.8) is 0 Å². The molecule has 1 amide bonds. The summed E-state index contributed by atoms with van der Waals surface area (Å²) in [5, 5.41) is 22.5. The number of thioether (sulfide) groups is 1. The van der Waals surface area contributed by atoms with Gasteiger partial charge in [-0.3, -0.25) is 4.79 Å². The standard InChI is InChI=1S/C18H16N4O3S/c1-22-16(12-7-3-2-4-8-12)20-21-18(22)26-11-15(23)19-14-10-6-5-9-13(14)17(24)25/h2-10H,11H2,1H3,(H,19,23)(H,24,25)/p-1. The van der Waals surface area contributed by atoms with Gasteiger partial charge < -0.3 is 19.8 Å². The average molecular weight is 367 g/mol. The highest BCUT2D eigenvalue weighted by atomic mass is 32.2. The lowest BCUT2D eigenvalue weighted by Gasteiger charge is -2.11. The molecule has 3 rings (SSSR count). The molecular weight excluding hydrogens is 352 g/mol. The Kier molecular flexibility index (Phi) is 5.33. The van der Waals surface area contributed by atoms with Crippen LogP contribution in [0.4, 0.5) is 5.69 Å². The van der Waals surface area contributed by atoms with E-state index in [-0.39, 0.29) is 22.9 Å². The van der Waals surface area contributed by atoms with E-state index in [9.17, 15) is 14.7 Å². The monoisotopic (exact) mass is 367 g/mol. The Balaban J connectivity index is 1.66. The molecule has 0 fully saturated rings. The van der Waals surface area contributed by atoms with Gasteiger partial charge in [-0.15, -0.1) is 10.2 Å². The molecule has 0 spiro atoms. The number of carboxylic acid groups (broad SMARTS) is 1. The van der Waals surface area contributed by atoms with Gasteiger partial charge in [0.2, 0.25) is 5.91 Å². The van der Waals surface area contributed by atoms with E-state index in [1.807, 2.05) is 41.9 Å². The molecule has 3 aromatic rings. The molecule has 0 unspecified atom stereocenters. The molecule has 1 aromatic heterocycles. The summed E-state index contributed by atoms with van der Waals surface area (Å²) in [6, 6.07) is 15.7. The predicted molar refractivity (Wildman–Crippen MR) is 96.6 cm³/mol. The van der Waals surface area contributed by atoms with E-state index in [0.717, 1.165) is 5.56 Å². The summed E-state index contributed by atoms with van der Waals surface area (Å²) < 4.78 is 1.81. The lowest BCUT2D eigenvalue weighted by Crippen LogP contribution is -2.25. The number of aromatic nitrogens is 3. The SMILES string of the molecule is Cn1c(SCC(=O)Nc2ccccc2C(=O)[O-])nnc1-c1ccccc1. The van der Waals surface area contributed by atoms with E-state index in [0.29, 0.717) is 11.0 Å². The first-order valence-corrected chi connectivity index (χ1v) is 8.72. The number of anilines is 1. The van der Waals surface area contributed by atoms with E-state index in [4.69, 9.17) is 0 Å². The lowest BCUT2D eigenvalue weighted by atomic mass is 10.2. The van der Waals surface area contributed by atoms with Gasteiger partial charge in [0.05, 0.1) is 11.7 Å². The lowest BCUT2D eigenvalue weighted by molar-refractivity contribution is -0.254. The summed E-state index contributed by atoms with van der Waals surface area (Å²) in [5.41, 5.74) is 1.08. The molecule has 0 saturated heterocycles. The van der Waals surface area contributed by atoms with Gasteiger partial charge in [-0.25, -0.2) is 0 Å². The zero-order valence-electron chi connectivity index (χ0n) is 13.9. The Morgan fingerprint density at radius 3 is 2.50 bits per heavy atom. The number of carboxylic acids is 1. The second-order valence-corrected chi connectivity index (χ2v) is 6.34. The molecule has 2 aromatic carbocycles. The number of carbonyl (C=O) groups excluding carboxylic acids is 2. The maximum Gasteiger partial charge on any atom is 0.234 e. The summed E-state index contributed by atoms with van der Waals surface area (Å²) in [7, 11) is 1.83. The number of carbonyl (C=O) groups is 2. The van der Waals surface area contributed by atoms with Crippen LogP contribution in [0.5, 0.6) is 0 Å². The molecule has 1 N–H and O–H groups in total. The first-order valence-electron chi connectivity index (χ1n) is 7.74. The fourth-order valence-electron chi connectivity index (χ4n) is 2.37. The zero-order valence-corrected chi connectivity index (χ0v) is 14.7. The summed E-state index contributed by atoms with van der Waals surface area (Å²) in [6.45, 7) is 0. The van der Waals surface area contributed by atoms with Crippen molar-refractivity contribution in [3.8, 4) is 11.4 Å². The highest BCUT2D eigenvalue weighted by molar-refractivity contribution is 7.99. The number of benzene rings is 2. The van der Waals surface area contributed by atoms with Crippen LogP contribution in [0.15, 0.2) is 59.8 Å². The topological polar surface area (TPSA) is 99.9 Å². The van der Waals surface area contributed by atoms with E-state index >= 15 is 0 Å². The Hall–Kier alpha value is -3.13. The number of para-hydroxylation sites is 1. The minimum absolute atomic E-state index is 0.0594. The first-order chi connectivity index (χ1) is 12.6. The van der Waals surface area contributed by atoms with Crippen LogP contribution < -0.4 is 10.4 Å². The molecule has 0 atom stereocenters. The zero-order chi connectivity index (χ0) is 18.5. The Bertz CT molecular complexity index is 941. The van der Waals surface area contributed by atoms with Gasteiger partial charge in [-0.1, -0.05) is 60.3 Å². The molecule has 1 heterocycles. The second kappa shape index (κ2) is 7.83. The highest BCUT2D eigenvalue weighted by Crippen LogP contribution is 2.22. The summed E-state index contributed by atoms with van der Waals surface area (Å²) in [4.78, 5) is 23.2. The summed E-state index contributed by atoms with van der Waals surface area (Å²) >= 11 is 1.22. The van der Waals surface area contributed by atoms with Crippen LogP contribution in [0.3, 0.4) is 0 Å². The minimum Gasteiger partial charge on any atom is -0.545 e. The molecule has 0 saturated carbocycles. The summed E-state index contributed by atoms with van der Waals surface area (Å²) in [5.74, 6) is -0.902. The largest absolute Gasteiger partial charge is 0.545 e. The van der Waals surface area contributed by atoms with Gasteiger partial charge in [-0.05, 0) is 6.07 Å². The fourth-order valence-corrected chi connectivity index (χ4v) is 3.08. The van der Waals surface area contributed by atoms with Crippen molar-refractivity contribution < 1.29 is 14.7 Å². The molecule has 26 heavy (non-hydrogen) atoms. The van der Waals surface area contributed by atoms with E-state index in [1.165, 1.54) is 23.9 Å². The molecule has 0 radical (unpaired) electrons. The van der Waals surface area contributed by atoms with Crippen molar-refractivity contribution in [1.29, 1.82) is 0 Å². The molecule has 7 nitrogen and oxygen atoms in total. The first kappa shape index (κ1) is 17.7. The Morgan fingerprint density at radius 1 is 1.08 bits per heavy atom. The summed E-state index contributed by atoms with van der Waals surface area (Å²) in [6.07, 6.45) is 0.